The van der Waals surface area contributed by atoms with Crippen molar-refractivity contribution < 1.29 is 18.2 Å². The van der Waals surface area contributed by atoms with Crippen LogP contribution in [0.4, 0.5) is 20.2 Å². The van der Waals surface area contributed by atoms with Crippen molar-refractivity contribution in [1.82, 2.24) is 10.1 Å². The topological polar surface area (TPSA) is 94.1 Å². The normalized spacial score (nSPS) is 10.3. The Kier molecular flexibility index (Phi) is 3.13. The Labute approximate surface area is 98.6 Å². The van der Waals surface area contributed by atoms with Crippen molar-refractivity contribution >= 4 is 11.4 Å². The van der Waals surface area contributed by atoms with E-state index in [1.165, 1.54) is 0 Å². The Hall–Kier alpha value is -2.58. The molecule has 1 heterocycles. The van der Waals surface area contributed by atoms with E-state index in [1.807, 2.05) is 0 Å². The minimum absolute atomic E-state index is 0.0673. The summed E-state index contributed by atoms with van der Waals surface area (Å²) in [6.07, 6.45) is 1.07. The minimum Gasteiger partial charge on any atom is -0.373 e. The maximum Gasteiger partial charge on any atom is 0.275 e. The van der Waals surface area contributed by atoms with Gasteiger partial charge in [-0.2, -0.15) is 4.98 Å². The van der Waals surface area contributed by atoms with Gasteiger partial charge in [0, 0.05) is 0 Å². The zero-order chi connectivity index (χ0) is 13.1. The molecule has 1 aromatic carbocycles. The lowest BCUT2D eigenvalue weighted by atomic mass is 10.2. The van der Waals surface area contributed by atoms with Crippen LogP contribution in [0, 0.1) is 21.7 Å². The summed E-state index contributed by atoms with van der Waals surface area (Å²) in [6, 6.07) is 1.25. The number of hydrogen-bond acceptors (Lipinski definition) is 6. The number of nitrogens with one attached hydrogen (secondary N) is 1. The Bertz CT molecular complexity index is 550. The van der Waals surface area contributed by atoms with Gasteiger partial charge in [0.25, 0.3) is 5.69 Å². The number of non-ortho nitro benzene ring substituents is 1. The van der Waals surface area contributed by atoms with Crippen LogP contribution in [0.15, 0.2) is 23.0 Å². The second-order valence-electron chi connectivity index (χ2n) is 3.24. The summed E-state index contributed by atoms with van der Waals surface area (Å²) in [5.74, 6) is -1.93. The van der Waals surface area contributed by atoms with Gasteiger partial charge in [0.1, 0.15) is 5.69 Å². The number of aromatic nitrogens is 2. The molecule has 0 amide bonds. The Balaban J connectivity index is 2.20. The molecule has 0 atom stereocenters. The average Bonchev–Trinajstić information content (AvgIpc) is 2.80. The molecule has 0 aliphatic carbocycles. The van der Waals surface area contributed by atoms with E-state index in [-0.39, 0.29) is 12.4 Å². The molecule has 0 saturated carbocycles. The monoisotopic (exact) mass is 256 g/mol. The van der Waals surface area contributed by atoms with Crippen LogP contribution < -0.4 is 5.32 Å². The number of benzene rings is 1. The zero-order valence-corrected chi connectivity index (χ0v) is 8.76. The molecule has 0 radical (unpaired) electrons. The van der Waals surface area contributed by atoms with E-state index in [4.69, 9.17) is 0 Å². The first-order valence-electron chi connectivity index (χ1n) is 4.70. The van der Waals surface area contributed by atoms with E-state index in [1.54, 1.807) is 0 Å². The molecule has 0 spiro atoms. The molecule has 0 saturated heterocycles. The fourth-order valence-corrected chi connectivity index (χ4v) is 1.27. The highest BCUT2D eigenvalue weighted by Gasteiger charge is 2.17. The Morgan fingerprint density at radius 1 is 1.39 bits per heavy atom. The summed E-state index contributed by atoms with van der Waals surface area (Å²) in [5.41, 5.74) is -1.14. The first-order valence-corrected chi connectivity index (χ1v) is 4.70. The van der Waals surface area contributed by atoms with E-state index in [9.17, 15) is 18.9 Å². The molecule has 0 unspecified atom stereocenters. The van der Waals surface area contributed by atoms with Crippen molar-refractivity contribution in [3.05, 3.63) is 46.1 Å². The molecule has 1 aromatic heterocycles. The van der Waals surface area contributed by atoms with E-state index in [0.717, 1.165) is 6.39 Å². The zero-order valence-electron chi connectivity index (χ0n) is 8.76. The minimum atomic E-state index is -1.06. The smallest absolute Gasteiger partial charge is 0.275 e. The number of nitro benzene ring substituents is 1. The van der Waals surface area contributed by atoms with Gasteiger partial charge in [-0.3, -0.25) is 10.1 Å². The van der Waals surface area contributed by atoms with E-state index < -0.39 is 27.9 Å². The predicted molar refractivity (Wildman–Crippen MR) is 54.6 cm³/mol. The molecule has 7 nitrogen and oxygen atoms in total. The maximum absolute atomic E-state index is 13.4. The van der Waals surface area contributed by atoms with Gasteiger partial charge in [0.2, 0.25) is 6.39 Å². The first kappa shape index (κ1) is 11.9. The quantitative estimate of drug-likeness (QED) is 0.662. The highest BCUT2D eigenvalue weighted by Crippen LogP contribution is 2.24. The van der Waals surface area contributed by atoms with Gasteiger partial charge in [0.05, 0.1) is 23.6 Å². The highest BCUT2D eigenvalue weighted by atomic mass is 19.1. The van der Waals surface area contributed by atoms with E-state index >= 15 is 0 Å². The second kappa shape index (κ2) is 4.73. The van der Waals surface area contributed by atoms with Crippen LogP contribution in [0.25, 0.3) is 0 Å². The standard InChI is InChI=1S/C9H6F2N4O3/c10-6-1-5(15(16)17)2-7(11)9(6)12-3-8-13-4-18-14-8/h1-2,4,12H,3H2. The molecular weight excluding hydrogens is 250 g/mol. The van der Waals surface area contributed by atoms with Crippen LogP contribution in [0.1, 0.15) is 5.82 Å². The van der Waals surface area contributed by atoms with Gasteiger partial charge in [-0.15, -0.1) is 0 Å². The predicted octanol–water partition coefficient (Wildman–Crippen LogP) is 1.87. The van der Waals surface area contributed by atoms with E-state index in [0.29, 0.717) is 12.1 Å². The van der Waals surface area contributed by atoms with Crippen LogP contribution >= 0.6 is 0 Å². The summed E-state index contributed by atoms with van der Waals surface area (Å²) in [4.78, 5) is 13.1. The molecular formula is C9H6F2N4O3. The summed E-state index contributed by atoms with van der Waals surface area (Å²) in [6.45, 7) is -0.0673. The fraction of sp³-hybridized carbons (Fsp3) is 0.111. The van der Waals surface area contributed by atoms with Crippen molar-refractivity contribution in [2.45, 2.75) is 6.54 Å². The van der Waals surface area contributed by atoms with Crippen LogP contribution in [0.5, 0.6) is 0 Å². The number of anilines is 1. The average molecular weight is 256 g/mol. The number of nitro groups is 1. The van der Waals surface area contributed by atoms with Crippen molar-refractivity contribution in [1.29, 1.82) is 0 Å². The maximum atomic E-state index is 13.4. The lowest BCUT2D eigenvalue weighted by Gasteiger charge is -2.06. The van der Waals surface area contributed by atoms with Crippen LogP contribution in [0.3, 0.4) is 0 Å². The molecule has 0 bridgehead atoms. The van der Waals surface area contributed by atoms with Gasteiger partial charge < -0.3 is 9.84 Å². The van der Waals surface area contributed by atoms with Crippen molar-refractivity contribution in [3.63, 3.8) is 0 Å². The molecule has 1 N–H and O–H groups in total. The van der Waals surface area contributed by atoms with Crippen molar-refractivity contribution in [3.8, 4) is 0 Å². The third-order valence-corrected chi connectivity index (χ3v) is 2.07. The highest BCUT2D eigenvalue weighted by molar-refractivity contribution is 5.51. The van der Waals surface area contributed by atoms with Crippen LogP contribution in [-0.4, -0.2) is 15.1 Å². The molecule has 9 heteroatoms. The van der Waals surface area contributed by atoms with Gasteiger partial charge in [0.15, 0.2) is 17.5 Å². The molecule has 18 heavy (non-hydrogen) atoms. The lowest BCUT2D eigenvalue weighted by molar-refractivity contribution is -0.385. The first-order chi connectivity index (χ1) is 8.58. The van der Waals surface area contributed by atoms with Gasteiger partial charge in [-0.25, -0.2) is 8.78 Å². The summed E-state index contributed by atoms with van der Waals surface area (Å²) < 4.78 is 31.3. The third-order valence-electron chi connectivity index (χ3n) is 2.07. The molecule has 0 aliphatic heterocycles. The van der Waals surface area contributed by atoms with Gasteiger partial charge in [-0.1, -0.05) is 5.16 Å². The van der Waals surface area contributed by atoms with Crippen molar-refractivity contribution in [2.24, 2.45) is 0 Å². The number of rotatable bonds is 4. The SMILES string of the molecule is O=[N+]([O-])c1cc(F)c(NCc2ncon2)c(F)c1. The lowest BCUT2D eigenvalue weighted by Crippen LogP contribution is -2.06. The molecule has 94 valence electrons. The molecule has 0 fully saturated rings. The molecule has 0 aliphatic rings. The third kappa shape index (κ3) is 2.39. The molecule has 2 aromatic rings. The number of nitrogens with zero attached hydrogens (tertiary/aromatic N) is 3. The Morgan fingerprint density at radius 3 is 2.56 bits per heavy atom. The van der Waals surface area contributed by atoms with Gasteiger partial charge in [-0.05, 0) is 0 Å². The largest absolute Gasteiger partial charge is 0.373 e. The molecule has 2 rings (SSSR count). The van der Waals surface area contributed by atoms with E-state index in [2.05, 4.69) is 20.0 Å². The summed E-state index contributed by atoms with van der Waals surface area (Å²) >= 11 is 0. The summed E-state index contributed by atoms with van der Waals surface area (Å²) in [5, 5.41) is 16.2. The number of halogens is 2. The Morgan fingerprint density at radius 2 is 2.06 bits per heavy atom. The van der Waals surface area contributed by atoms with Crippen LogP contribution in [-0.2, 0) is 6.54 Å². The second-order valence-corrected chi connectivity index (χ2v) is 3.24. The van der Waals surface area contributed by atoms with Crippen LogP contribution in [0.2, 0.25) is 0 Å². The summed E-state index contributed by atoms with van der Waals surface area (Å²) in [7, 11) is 0. The fourth-order valence-electron chi connectivity index (χ4n) is 1.27. The number of hydrogen-bond donors (Lipinski definition) is 1. The van der Waals surface area contributed by atoms with Gasteiger partial charge >= 0.3 is 0 Å². The van der Waals surface area contributed by atoms with Crippen molar-refractivity contribution in [2.75, 3.05) is 5.32 Å².